The van der Waals surface area contributed by atoms with Crippen LogP contribution in [0.25, 0.3) is 0 Å². The van der Waals surface area contributed by atoms with E-state index in [1.165, 1.54) is 0 Å². The number of fused-ring (bicyclic) bond motifs is 1. The van der Waals surface area contributed by atoms with E-state index in [1.54, 1.807) is 18.2 Å². The van der Waals surface area contributed by atoms with Crippen LogP contribution in [0.3, 0.4) is 0 Å². The number of halogens is 1. The minimum absolute atomic E-state index is 0.106. The highest BCUT2D eigenvalue weighted by Crippen LogP contribution is 2.30. The van der Waals surface area contributed by atoms with Gasteiger partial charge in [0, 0.05) is 5.02 Å². The molecule has 1 N–H and O–H groups in total. The Morgan fingerprint density at radius 1 is 1.52 bits per heavy atom. The molecule has 1 atom stereocenters. The molecular formula is C15H14ClNO4. The summed E-state index contributed by atoms with van der Waals surface area (Å²) in [6.07, 6.45) is 5.48. The van der Waals surface area contributed by atoms with E-state index in [1.807, 2.05) is 0 Å². The third-order valence-electron chi connectivity index (χ3n) is 3.00. The molecule has 110 valence electrons. The maximum atomic E-state index is 11.9. The van der Waals surface area contributed by atoms with E-state index in [2.05, 4.69) is 11.2 Å². The van der Waals surface area contributed by atoms with Crippen molar-refractivity contribution in [2.45, 2.75) is 6.42 Å². The van der Waals surface area contributed by atoms with Gasteiger partial charge in [-0.05, 0) is 30.2 Å². The molecule has 1 amide bonds. The largest absolute Gasteiger partial charge is 0.492 e. The van der Waals surface area contributed by atoms with Crippen molar-refractivity contribution >= 4 is 23.5 Å². The molecule has 5 nitrogen and oxygen atoms in total. The van der Waals surface area contributed by atoms with E-state index in [-0.39, 0.29) is 19.8 Å². The topological polar surface area (TPSA) is 64.6 Å². The standard InChI is InChI=1S/C15H14ClNO4/c1-2-5-17-14(18)9-21-15(19)11-6-10-7-12(16)3-4-13(10)20-8-11/h1,3-4,7,11H,5-6,8-9H2,(H,17,18)/t11-/m1/s1. The summed E-state index contributed by atoms with van der Waals surface area (Å²) in [4.78, 5) is 23.2. The van der Waals surface area contributed by atoms with Gasteiger partial charge < -0.3 is 14.8 Å². The zero-order valence-corrected chi connectivity index (χ0v) is 12.0. The van der Waals surface area contributed by atoms with Crippen LogP contribution < -0.4 is 10.1 Å². The van der Waals surface area contributed by atoms with Crippen molar-refractivity contribution in [3.05, 3.63) is 28.8 Å². The molecule has 0 aliphatic carbocycles. The number of ether oxygens (including phenoxy) is 2. The van der Waals surface area contributed by atoms with Crippen molar-refractivity contribution in [2.75, 3.05) is 19.8 Å². The van der Waals surface area contributed by atoms with E-state index in [0.29, 0.717) is 11.4 Å². The van der Waals surface area contributed by atoms with Crippen LogP contribution in [-0.4, -0.2) is 31.6 Å². The van der Waals surface area contributed by atoms with Gasteiger partial charge in [0.15, 0.2) is 6.61 Å². The highest BCUT2D eigenvalue weighted by molar-refractivity contribution is 6.30. The average Bonchev–Trinajstić information content (AvgIpc) is 2.49. The fourth-order valence-electron chi connectivity index (χ4n) is 1.97. The molecule has 0 spiro atoms. The van der Waals surface area contributed by atoms with Crippen LogP contribution >= 0.6 is 11.6 Å². The van der Waals surface area contributed by atoms with Crippen molar-refractivity contribution in [1.82, 2.24) is 5.32 Å². The lowest BCUT2D eigenvalue weighted by Crippen LogP contribution is -2.34. The molecule has 1 aromatic carbocycles. The molecule has 1 heterocycles. The Kier molecular flexibility index (Phi) is 5.07. The number of hydrogen-bond acceptors (Lipinski definition) is 4. The lowest BCUT2D eigenvalue weighted by Gasteiger charge is -2.24. The number of esters is 1. The number of terminal acetylenes is 1. The zero-order valence-electron chi connectivity index (χ0n) is 11.2. The first-order valence-electron chi connectivity index (χ1n) is 6.38. The second kappa shape index (κ2) is 7.00. The number of nitrogens with one attached hydrogen (secondary N) is 1. The number of carbonyl (C=O) groups is 2. The monoisotopic (exact) mass is 307 g/mol. The summed E-state index contributed by atoms with van der Waals surface area (Å²) in [7, 11) is 0. The summed E-state index contributed by atoms with van der Waals surface area (Å²) >= 11 is 5.91. The number of amides is 1. The molecule has 0 bridgehead atoms. The highest BCUT2D eigenvalue weighted by Gasteiger charge is 2.27. The molecule has 0 unspecified atom stereocenters. The SMILES string of the molecule is C#CCNC(=O)COC(=O)[C@H]1COc2ccc(Cl)cc2C1. The van der Waals surface area contributed by atoms with Crippen LogP contribution in [0.1, 0.15) is 5.56 Å². The number of hydrogen-bond donors (Lipinski definition) is 1. The molecule has 0 aromatic heterocycles. The Labute approximate surface area is 127 Å². The lowest BCUT2D eigenvalue weighted by atomic mass is 9.97. The first-order valence-corrected chi connectivity index (χ1v) is 6.76. The summed E-state index contributed by atoms with van der Waals surface area (Å²) in [5, 5.41) is 3.00. The fourth-order valence-corrected chi connectivity index (χ4v) is 2.16. The number of benzene rings is 1. The molecule has 0 radical (unpaired) electrons. The van der Waals surface area contributed by atoms with E-state index >= 15 is 0 Å². The van der Waals surface area contributed by atoms with Crippen LogP contribution in [0, 0.1) is 18.3 Å². The van der Waals surface area contributed by atoms with Crippen LogP contribution in [0.15, 0.2) is 18.2 Å². The van der Waals surface area contributed by atoms with Gasteiger partial charge in [0.1, 0.15) is 12.4 Å². The van der Waals surface area contributed by atoms with Gasteiger partial charge in [0.2, 0.25) is 0 Å². The highest BCUT2D eigenvalue weighted by atomic mass is 35.5. The van der Waals surface area contributed by atoms with Gasteiger partial charge in [-0.3, -0.25) is 9.59 Å². The zero-order chi connectivity index (χ0) is 15.2. The van der Waals surface area contributed by atoms with Gasteiger partial charge >= 0.3 is 5.97 Å². The summed E-state index contributed by atoms with van der Waals surface area (Å²) in [5.41, 5.74) is 0.854. The maximum Gasteiger partial charge on any atom is 0.313 e. The van der Waals surface area contributed by atoms with Crippen molar-refractivity contribution in [3.8, 4) is 18.1 Å². The fraction of sp³-hybridized carbons (Fsp3) is 0.333. The van der Waals surface area contributed by atoms with Crippen molar-refractivity contribution in [2.24, 2.45) is 5.92 Å². The lowest BCUT2D eigenvalue weighted by molar-refractivity contribution is -0.153. The van der Waals surface area contributed by atoms with Crippen LogP contribution in [0.2, 0.25) is 5.02 Å². The second-order valence-electron chi connectivity index (χ2n) is 4.55. The molecular weight excluding hydrogens is 294 g/mol. The Morgan fingerprint density at radius 2 is 2.33 bits per heavy atom. The average molecular weight is 308 g/mol. The normalized spacial score (nSPS) is 16.1. The van der Waals surface area contributed by atoms with Gasteiger partial charge in [-0.25, -0.2) is 0 Å². The summed E-state index contributed by atoms with van der Waals surface area (Å²) in [6, 6.07) is 5.26. The molecule has 1 aliphatic rings. The predicted molar refractivity (Wildman–Crippen MR) is 76.9 cm³/mol. The van der Waals surface area contributed by atoms with Crippen molar-refractivity contribution < 1.29 is 19.1 Å². The summed E-state index contributed by atoms with van der Waals surface area (Å²) in [6.45, 7) is -0.0202. The quantitative estimate of drug-likeness (QED) is 0.670. The van der Waals surface area contributed by atoms with E-state index < -0.39 is 17.8 Å². The molecule has 0 fully saturated rings. The Bertz CT molecular complexity index is 594. The van der Waals surface area contributed by atoms with Crippen LogP contribution in [-0.2, 0) is 20.7 Å². The number of rotatable bonds is 4. The summed E-state index contributed by atoms with van der Waals surface area (Å²) < 4.78 is 10.5. The molecule has 6 heteroatoms. The van der Waals surface area contributed by atoms with Crippen molar-refractivity contribution in [3.63, 3.8) is 0 Å². The van der Waals surface area contributed by atoms with Gasteiger partial charge in [0.25, 0.3) is 5.91 Å². The van der Waals surface area contributed by atoms with E-state index in [9.17, 15) is 9.59 Å². The Morgan fingerprint density at radius 3 is 3.10 bits per heavy atom. The molecule has 1 aromatic rings. The molecule has 0 saturated heterocycles. The van der Waals surface area contributed by atoms with E-state index in [0.717, 1.165) is 11.3 Å². The third kappa shape index (κ3) is 4.14. The number of carbonyl (C=O) groups excluding carboxylic acids is 2. The molecule has 1 aliphatic heterocycles. The Hall–Kier alpha value is -2.19. The first kappa shape index (κ1) is 15.2. The predicted octanol–water partition coefficient (Wildman–Crippen LogP) is 1.18. The van der Waals surface area contributed by atoms with Gasteiger partial charge in [0.05, 0.1) is 12.5 Å². The minimum atomic E-state index is -0.475. The second-order valence-corrected chi connectivity index (χ2v) is 4.99. The Balaban J connectivity index is 1.87. The minimum Gasteiger partial charge on any atom is -0.492 e. The van der Waals surface area contributed by atoms with E-state index in [4.69, 9.17) is 27.5 Å². The maximum absolute atomic E-state index is 11.9. The molecule has 2 rings (SSSR count). The van der Waals surface area contributed by atoms with Gasteiger partial charge in [-0.15, -0.1) is 6.42 Å². The van der Waals surface area contributed by atoms with Crippen LogP contribution in [0.4, 0.5) is 0 Å². The van der Waals surface area contributed by atoms with Crippen molar-refractivity contribution in [1.29, 1.82) is 0 Å². The van der Waals surface area contributed by atoms with Gasteiger partial charge in [-0.1, -0.05) is 17.5 Å². The molecule has 0 saturated carbocycles. The van der Waals surface area contributed by atoms with Crippen LogP contribution in [0.5, 0.6) is 5.75 Å². The molecule has 21 heavy (non-hydrogen) atoms. The smallest absolute Gasteiger partial charge is 0.313 e. The first-order chi connectivity index (χ1) is 10.1. The third-order valence-corrected chi connectivity index (χ3v) is 3.23. The summed E-state index contributed by atoms with van der Waals surface area (Å²) in [5.74, 6) is 1.63. The van der Waals surface area contributed by atoms with Gasteiger partial charge in [-0.2, -0.15) is 0 Å².